The summed E-state index contributed by atoms with van der Waals surface area (Å²) in [7, 11) is 0. The van der Waals surface area contributed by atoms with Crippen LogP contribution in [0.4, 0.5) is 11.4 Å². The third-order valence-electron chi connectivity index (χ3n) is 2.62. The maximum atomic E-state index is 11.8. The lowest BCUT2D eigenvalue weighted by Crippen LogP contribution is -2.25. The average molecular weight is 251 g/mol. The Morgan fingerprint density at radius 1 is 1.44 bits per heavy atom. The molecular formula is C13H21N3O2. The van der Waals surface area contributed by atoms with Crippen molar-refractivity contribution >= 4 is 17.3 Å². The number of aliphatic hydroxyl groups excluding tert-OH is 1. The molecule has 0 saturated heterocycles. The number of nitrogen functional groups attached to an aromatic ring is 1. The topological polar surface area (TPSA) is 87.4 Å². The van der Waals surface area contributed by atoms with Gasteiger partial charge in [0, 0.05) is 24.5 Å². The minimum atomic E-state index is -0.437. The van der Waals surface area contributed by atoms with Crippen LogP contribution in [0.3, 0.4) is 0 Å². The molecule has 1 unspecified atom stereocenters. The second-order valence-electron chi connectivity index (χ2n) is 4.11. The van der Waals surface area contributed by atoms with Gasteiger partial charge in [-0.3, -0.25) is 4.79 Å². The molecule has 0 saturated carbocycles. The summed E-state index contributed by atoms with van der Waals surface area (Å²) in [6, 6.07) is 5.07. The largest absolute Gasteiger partial charge is 0.399 e. The maximum Gasteiger partial charge on any atom is 0.253 e. The van der Waals surface area contributed by atoms with Crippen LogP contribution in [0, 0.1) is 0 Å². The predicted molar refractivity (Wildman–Crippen MR) is 73.6 cm³/mol. The van der Waals surface area contributed by atoms with E-state index in [0.717, 1.165) is 0 Å². The average Bonchev–Trinajstić information content (AvgIpc) is 2.36. The SMILES string of the molecule is CCNC(=O)c1ccc(N)cc1NCC(O)CC. The van der Waals surface area contributed by atoms with E-state index in [1.54, 1.807) is 18.2 Å². The molecule has 100 valence electrons. The quantitative estimate of drug-likeness (QED) is 0.572. The fourth-order valence-corrected chi connectivity index (χ4v) is 1.53. The zero-order valence-corrected chi connectivity index (χ0v) is 10.9. The van der Waals surface area contributed by atoms with Crippen LogP contribution in [0.2, 0.25) is 0 Å². The molecule has 1 amide bonds. The Kier molecular flexibility index (Phi) is 5.45. The van der Waals surface area contributed by atoms with Gasteiger partial charge in [-0.25, -0.2) is 0 Å². The highest BCUT2D eigenvalue weighted by Crippen LogP contribution is 2.19. The number of hydrogen-bond acceptors (Lipinski definition) is 4. The Labute approximate surface area is 107 Å². The number of hydrogen-bond donors (Lipinski definition) is 4. The van der Waals surface area contributed by atoms with Gasteiger partial charge in [0.15, 0.2) is 0 Å². The van der Waals surface area contributed by atoms with Crippen LogP contribution in [-0.4, -0.2) is 30.2 Å². The van der Waals surface area contributed by atoms with E-state index in [1.807, 2.05) is 13.8 Å². The zero-order valence-electron chi connectivity index (χ0n) is 10.9. The molecule has 5 N–H and O–H groups in total. The first-order valence-electron chi connectivity index (χ1n) is 6.18. The second kappa shape index (κ2) is 6.86. The molecule has 0 bridgehead atoms. The van der Waals surface area contributed by atoms with Crippen molar-refractivity contribution in [3.8, 4) is 0 Å². The highest BCUT2D eigenvalue weighted by molar-refractivity contribution is 6.00. The van der Waals surface area contributed by atoms with Crippen molar-refractivity contribution in [2.24, 2.45) is 0 Å². The lowest BCUT2D eigenvalue weighted by Gasteiger charge is -2.14. The highest BCUT2D eigenvalue weighted by atomic mass is 16.3. The van der Waals surface area contributed by atoms with E-state index < -0.39 is 6.10 Å². The van der Waals surface area contributed by atoms with Crippen LogP contribution in [0.5, 0.6) is 0 Å². The Balaban J connectivity index is 2.86. The highest BCUT2D eigenvalue weighted by Gasteiger charge is 2.11. The molecule has 5 nitrogen and oxygen atoms in total. The van der Waals surface area contributed by atoms with Crippen molar-refractivity contribution in [2.75, 3.05) is 24.1 Å². The van der Waals surface area contributed by atoms with E-state index in [1.165, 1.54) is 0 Å². The molecule has 0 aliphatic rings. The number of aliphatic hydroxyl groups is 1. The van der Waals surface area contributed by atoms with Crippen molar-refractivity contribution in [1.29, 1.82) is 0 Å². The molecule has 1 aromatic rings. The summed E-state index contributed by atoms with van der Waals surface area (Å²) >= 11 is 0. The van der Waals surface area contributed by atoms with Gasteiger partial charge in [0.25, 0.3) is 5.91 Å². The summed E-state index contributed by atoms with van der Waals surface area (Å²) in [5.41, 5.74) is 7.47. The van der Waals surface area contributed by atoms with Gasteiger partial charge in [0.1, 0.15) is 0 Å². The van der Waals surface area contributed by atoms with Crippen molar-refractivity contribution in [3.05, 3.63) is 23.8 Å². The fourth-order valence-electron chi connectivity index (χ4n) is 1.53. The minimum Gasteiger partial charge on any atom is -0.399 e. The number of nitrogens with two attached hydrogens (primary N) is 1. The van der Waals surface area contributed by atoms with Crippen LogP contribution in [0.1, 0.15) is 30.6 Å². The number of carbonyl (C=O) groups is 1. The smallest absolute Gasteiger partial charge is 0.253 e. The molecular weight excluding hydrogens is 230 g/mol. The second-order valence-corrected chi connectivity index (χ2v) is 4.11. The Hall–Kier alpha value is -1.75. The number of carbonyl (C=O) groups excluding carboxylic acids is 1. The van der Waals surface area contributed by atoms with Gasteiger partial charge in [-0.15, -0.1) is 0 Å². The Morgan fingerprint density at radius 3 is 2.78 bits per heavy atom. The Bertz CT molecular complexity index is 407. The molecule has 0 aromatic heterocycles. The van der Waals surface area contributed by atoms with Crippen molar-refractivity contribution < 1.29 is 9.90 Å². The predicted octanol–water partition coefficient (Wildman–Crippen LogP) is 1.20. The molecule has 0 aliphatic carbocycles. The van der Waals surface area contributed by atoms with Crippen molar-refractivity contribution in [1.82, 2.24) is 5.32 Å². The van der Waals surface area contributed by atoms with E-state index >= 15 is 0 Å². The van der Waals surface area contributed by atoms with Gasteiger partial charge in [-0.1, -0.05) is 6.92 Å². The summed E-state index contributed by atoms with van der Waals surface area (Å²) in [6.07, 6.45) is 0.222. The van der Waals surface area contributed by atoms with Gasteiger partial charge in [-0.2, -0.15) is 0 Å². The summed E-state index contributed by atoms with van der Waals surface area (Å²) in [4.78, 5) is 11.8. The van der Waals surface area contributed by atoms with Crippen molar-refractivity contribution in [2.45, 2.75) is 26.4 Å². The van der Waals surface area contributed by atoms with E-state index in [9.17, 15) is 9.90 Å². The summed E-state index contributed by atoms with van der Waals surface area (Å²) in [5, 5.41) is 15.3. The molecule has 1 rings (SSSR count). The fraction of sp³-hybridized carbons (Fsp3) is 0.462. The van der Waals surface area contributed by atoms with Crippen LogP contribution in [0.15, 0.2) is 18.2 Å². The zero-order chi connectivity index (χ0) is 13.5. The summed E-state index contributed by atoms with van der Waals surface area (Å²) in [6.45, 7) is 4.73. The number of nitrogens with one attached hydrogen (secondary N) is 2. The van der Waals surface area contributed by atoms with E-state index in [-0.39, 0.29) is 5.91 Å². The number of rotatable bonds is 6. The first-order valence-corrected chi connectivity index (χ1v) is 6.18. The standard InChI is InChI=1S/C13H21N3O2/c1-3-10(17)8-16-12-7-9(14)5-6-11(12)13(18)15-4-2/h5-7,10,16-17H,3-4,8,14H2,1-2H3,(H,15,18). The molecule has 0 heterocycles. The first kappa shape index (κ1) is 14.3. The van der Waals surface area contributed by atoms with Gasteiger partial charge in [-0.05, 0) is 31.5 Å². The molecule has 0 radical (unpaired) electrons. The van der Waals surface area contributed by atoms with Crippen molar-refractivity contribution in [3.63, 3.8) is 0 Å². The summed E-state index contributed by atoms with van der Waals surface area (Å²) < 4.78 is 0. The monoisotopic (exact) mass is 251 g/mol. The third-order valence-corrected chi connectivity index (χ3v) is 2.62. The van der Waals surface area contributed by atoms with Crippen LogP contribution < -0.4 is 16.4 Å². The molecule has 0 aliphatic heterocycles. The van der Waals surface area contributed by atoms with E-state index in [0.29, 0.717) is 36.4 Å². The number of benzene rings is 1. The molecule has 1 aromatic carbocycles. The first-order chi connectivity index (χ1) is 8.58. The molecule has 5 heteroatoms. The number of anilines is 2. The van der Waals surface area contributed by atoms with Gasteiger partial charge >= 0.3 is 0 Å². The van der Waals surface area contributed by atoms with E-state index in [2.05, 4.69) is 10.6 Å². The van der Waals surface area contributed by atoms with Crippen LogP contribution in [-0.2, 0) is 0 Å². The van der Waals surface area contributed by atoms with Gasteiger partial charge in [0.05, 0.1) is 11.7 Å². The minimum absolute atomic E-state index is 0.147. The van der Waals surface area contributed by atoms with Crippen LogP contribution in [0.25, 0.3) is 0 Å². The third kappa shape index (κ3) is 3.92. The lowest BCUT2D eigenvalue weighted by atomic mass is 10.1. The molecule has 1 atom stereocenters. The van der Waals surface area contributed by atoms with E-state index in [4.69, 9.17) is 5.73 Å². The molecule has 0 spiro atoms. The Morgan fingerprint density at radius 2 is 2.17 bits per heavy atom. The van der Waals surface area contributed by atoms with Gasteiger partial charge in [0.2, 0.25) is 0 Å². The molecule has 0 fully saturated rings. The number of amides is 1. The van der Waals surface area contributed by atoms with Gasteiger partial charge < -0.3 is 21.5 Å². The molecule has 18 heavy (non-hydrogen) atoms. The normalized spacial score (nSPS) is 11.9. The van der Waals surface area contributed by atoms with Crippen LogP contribution >= 0.6 is 0 Å². The maximum absolute atomic E-state index is 11.8. The summed E-state index contributed by atoms with van der Waals surface area (Å²) in [5.74, 6) is -0.147. The lowest BCUT2D eigenvalue weighted by molar-refractivity contribution is 0.0956.